The van der Waals surface area contributed by atoms with Gasteiger partial charge >= 0.3 is 12.8 Å². The maximum absolute atomic E-state index is 13.4. The Bertz CT molecular complexity index is 1200. The van der Waals surface area contributed by atoms with E-state index in [1.165, 1.54) is 19.1 Å². The fourth-order valence-corrected chi connectivity index (χ4v) is 4.70. The van der Waals surface area contributed by atoms with Gasteiger partial charge in [-0.3, -0.25) is 9.36 Å². The molecule has 3 atom stereocenters. The zero-order valence-corrected chi connectivity index (χ0v) is 21.6. The molecule has 1 saturated carbocycles. The number of aliphatic hydroxyl groups is 1. The molecular formula is C26H31F5N4O3. The number of hydrogen-bond donors (Lipinski definition) is 2. The molecule has 1 heterocycles. The summed E-state index contributed by atoms with van der Waals surface area (Å²) in [6.07, 6.45) is -3.32. The highest BCUT2D eigenvalue weighted by molar-refractivity contribution is 5.94. The van der Waals surface area contributed by atoms with Crippen LogP contribution in [-0.4, -0.2) is 46.0 Å². The Morgan fingerprint density at radius 3 is 2.58 bits per heavy atom. The number of alkyl halides is 5. The second kappa shape index (κ2) is 11.3. The third kappa shape index (κ3) is 6.43. The number of rotatable bonds is 8. The minimum Gasteiger partial charge on any atom is -0.433 e. The van der Waals surface area contributed by atoms with Crippen molar-refractivity contribution in [3.63, 3.8) is 0 Å². The van der Waals surface area contributed by atoms with Crippen molar-refractivity contribution in [3.05, 3.63) is 41.0 Å². The van der Waals surface area contributed by atoms with Gasteiger partial charge in [0.05, 0.1) is 17.2 Å². The predicted octanol–water partition coefficient (Wildman–Crippen LogP) is 5.31. The Kier molecular flexibility index (Phi) is 8.71. The van der Waals surface area contributed by atoms with Crippen molar-refractivity contribution in [1.82, 2.24) is 14.9 Å². The Labute approximate surface area is 217 Å². The molecule has 0 aliphatic heterocycles. The number of nitriles is 1. The molecule has 3 rings (SSSR count). The van der Waals surface area contributed by atoms with Gasteiger partial charge in [-0.05, 0) is 49.8 Å². The zero-order chi connectivity index (χ0) is 28.4. The number of benzene rings is 1. The van der Waals surface area contributed by atoms with Crippen LogP contribution in [0.15, 0.2) is 18.2 Å². The first kappa shape index (κ1) is 29.4. The second-order valence-corrected chi connectivity index (χ2v) is 10.5. The van der Waals surface area contributed by atoms with Crippen LogP contribution in [0.5, 0.6) is 5.75 Å². The average molecular weight is 543 g/mol. The molecule has 2 aromatic rings. The largest absolute Gasteiger partial charge is 0.433 e. The van der Waals surface area contributed by atoms with Gasteiger partial charge in [0, 0.05) is 12.5 Å². The number of halogens is 5. The van der Waals surface area contributed by atoms with E-state index in [2.05, 4.69) is 15.0 Å². The van der Waals surface area contributed by atoms with Crippen LogP contribution in [0.4, 0.5) is 22.0 Å². The number of nitrogens with zero attached hydrogens (tertiary/aromatic N) is 3. The topological polar surface area (TPSA) is 100 Å². The summed E-state index contributed by atoms with van der Waals surface area (Å²) in [4.78, 5) is 17.1. The predicted molar refractivity (Wildman–Crippen MR) is 128 cm³/mol. The molecule has 0 saturated heterocycles. The van der Waals surface area contributed by atoms with Gasteiger partial charge in [-0.2, -0.15) is 27.2 Å². The Balaban J connectivity index is 1.93. The molecule has 1 aliphatic carbocycles. The quantitative estimate of drug-likeness (QED) is 0.441. The SMILES string of the molecule is Cc1nc(C(=O)NC[C@@H]2CC[C@@H](C)C[C@H]2O)c(C#N)n1-c1ccc(CC(C)(C)C(F)(F)F)cc1OC(F)F. The lowest BCUT2D eigenvalue weighted by molar-refractivity contribution is -0.211. The van der Waals surface area contributed by atoms with Crippen molar-refractivity contribution < 1.29 is 36.6 Å². The van der Waals surface area contributed by atoms with E-state index >= 15 is 0 Å². The van der Waals surface area contributed by atoms with Crippen molar-refractivity contribution in [2.45, 2.75) is 72.3 Å². The fraction of sp³-hybridized carbons (Fsp3) is 0.577. The van der Waals surface area contributed by atoms with Crippen molar-refractivity contribution in [2.75, 3.05) is 6.54 Å². The van der Waals surface area contributed by atoms with Crippen molar-refractivity contribution >= 4 is 5.91 Å². The van der Waals surface area contributed by atoms with E-state index in [1.54, 1.807) is 0 Å². The average Bonchev–Trinajstić information content (AvgIpc) is 3.13. The molecule has 0 radical (unpaired) electrons. The Morgan fingerprint density at radius 2 is 2.00 bits per heavy atom. The van der Waals surface area contributed by atoms with Crippen molar-refractivity contribution in [2.24, 2.45) is 17.3 Å². The molecule has 0 spiro atoms. The van der Waals surface area contributed by atoms with Gasteiger partial charge in [0.2, 0.25) is 0 Å². The maximum atomic E-state index is 13.4. The first-order chi connectivity index (χ1) is 17.6. The maximum Gasteiger partial charge on any atom is 0.394 e. The van der Waals surface area contributed by atoms with E-state index in [1.807, 2.05) is 13.0 Å². The second-order valence-electron chi connectivity index (χ2n) is 10.5. The van der Waals surface area contributed by atoms with E-state index in [-0.39, 0.29) is 40.9 Å². The van der Waals surface area contributed by atoms with E-state index in [0.29, 0.717) is 12.3 Å². The Morgan fingerprint density at radius 1 is 1.32 bits per heavy atom. The standard InChI is InChI=1S/C26H31F5N4O3/c1-14-5-7-17(20(36)9-14)13-33-23(37)22-19(12-32)35(15(2)34-22)18-8-6-16(10-21(18)38-24(27)28)11-25(3,4)26(29,30)31/h6,8,10,14,17,20,24,36H,5,7,9,11,13H2,1-4H3,(H,33,37)/t14-,17+,20-/m1/s1. The van der Waals surface area contributed by atoms with Crippen LogP contribution in [0, 0.1) is 35.5 Å². The molecule has 1 aromatic heterocycles. The van der Waals surface area contributed by atoms with Gasteiger partial charge in [0.25, 0.3) is 5.91 Å². The Hall–Kier alpha value is -3.20. The third-order valence-corrected chi connectivity index (χ3v) is 7.00. The first-order valence-corrected chi connectivity index (χ1v) is 12.2. The van der Waals surface area contributed by atoms with Crippen LogP contribution in [-0.2, 0) is 6.42 Å². The molecule has 208 valence electrons. The molecule has 1 aromatic carbocycles. The molecule has 0 unspecified atom stereocenters. The van der Waals surface area contributed by atoms with Gasteiger partial charge in [-0.25, -0.2) is 4.98 Å². The molecule has 1 aliphatic rings. The molecular weight excluding hydrogens is 511 g/mol. The molecule has 2 N–H and O–H groups in total. The zero-order valence-electron chi connectivity index (χ0n) is 21.6. The molecule has 0 bridgehead atoms. The lowest BCUT2D eigenvalue weighted by Gasteiger charge is -2.31. The summed E-state index contributed by atoms with van der Waals surface area (Å²) in [5, 5.41) is 22.8. The highest BCUT2D eigenvalue weighted by atomic mass is 19.4. The first-order valence-electron chi connectivity index (χ1n) is 12.2. The van der Waals surface area contributed by atoms with Crippen LogP contribution >= 0.6 is 0 Å². The van der Waals surface area contributed by atoms with Crippen LogP contribution in [0.2, 0.25) is 0 Å². The van der Waals surface area contributed by atoms with Gasteiger partial charge < -0.3 is 15.2 Å². The number of aromatic nitrogens is 2. The highest BCUT2D eigenvalue weighted by Crippen LogP contribution is 2.41. The highest BCUT2D eigenvalue weighted by Gasteiger charge is 2.47. The van der Waals surface area contributed by atoms with Crippen LogP contribution in [0.3, 0.4) is 0 Å². The molecule has 1 amide bonds. The summed E-state index contributed by atoms with van der Waals surface area (Å²) in [5.41, 5.74) is -2.60. The number of carbonyl (C=O) groups excluding carboxylic acids is 1. The van der Waals surface area contributed by atoms with Gasteiger partial charge in [-0.15, -0.1) is 0 Å². The summed E-state index contributed by atoms with van der Waals surface area (Å²) in [6, 6.07) is 5.53. The summed E-state index contributed by atoms with van der Waals surface area (Å²) in [7, 11) is 0. The van der Waals surface area contributed by atoms with E-state index in [9.17, 15) is 37.1 Å². The monoisotopic (exact) mass is 542 g/mol. The number of aryl methyl sites for hydroxylation is 1. The van der Waals surface area contributed by atoms with Gasteiger partial charge in [-0.1, -0.05) is 33.3 Å². The molecule has 1 fully saturated rings. The summed E-state index contributed by atoms with van der Waals surface area (Å²) >= 11 is 0. The molecule has 7 nitrogen and oxygen atoms in total. The van der Waals surface area contributed by atoms with Crippen LogP contribution < -0.4 is 10.1 Å². The molecule has 12 heteroatoms. The lowest BCUT2D eigenvalue weighted by Crippen LogP contribution is -2.38. The van der Waals surface area contributed by atoms with Crippen LogP contribution in [0.1, 0.15) is 67.6 Å². The lowest BCUT2D eigenvalue weighted by atomic mass is 9.81. The number of hydrogen-bond acceptors (Lipinski definition) is 5. The summed E-state index contributed by atoms with van der Waals surface area (Å²) < 4.78 is 72.4. The smallest absolute Gasteiger partial charge is 0.394 e. The van der Waals surface area contributed by atoms with Gasteiger partial charge in [0.1, 0.15) is 17.6 Å². The third-order valence-electron chi connectivity index (χ3n) is 7.00. The van der Waals surface area contributed by atoms with Gasteiger partial charge in [0.15, 0.2) is 11.4 Å². The fourth-order valence-electron chi connectivity index (χ4n) is 4.70. The van der Waals surface area contributed by atoms with E-state index < -0.39 is 42.4 Å². The minimum atomic E-state index is -4.53. The van der Waals surface area contributed by atoms with Crippen molar-refractivity contribution in [1.29, 1.82) is 5.26 Å². The van der Waals surface area contributed by atoms with E-state index in [4.69, 9.17) is 0 Å². The number of imidazole rings is 1. The number of amides is 1. The van der Waals surface area contributed by atoms with Crippen molar-refractivity contribution in [3.8, 4) is 17.5 Å². The van der Waals surface area contributed by atoms with Crippen LogP contribution in [0.25, 0.3) is 5.69 Å². The summed E-state index contributed by atoms with van der Waals surface area (Å²) in [6.45, 7) is 2.38. The van der Waals surface area contributed by atoms with E-state index in [0.717, 1.165) is 37.3 Å². The number of aliphatic hydroxyl groups excluding tert-OH is 1. The number of nitrogens with one attached hydrogen (secondary N) is 1. The number of carbonyl (C=O) groups is 1. The summed E-state index contributed by atoms with van der Waals surface area (Å²) in [5.74, 6) is -0.784. The molecule has 38 heavy (non-hydrogen) atoms. The number of ether oxygens (including phenoxy) is 1. The minimum absolute atomic E-state index is 0.0730. The normalized spacial score (nSPS) is 20.3.